The van der Waals surface area contributed by atoms with Crippen LogP contribution in [0.1, 0.15) is 33.4 Å². The summed E-state index contributed by atoms with van der Waals surface area (Å²) in [4.78, 5) is 12.4. The van der Waals surface area contributed by atoms with E-state index in [4.69, 9.17) is 9.05 Å². The molecule has 2 aromatic rings. The molecule has 3 rings (SSSR count). The van der Waals surface area contributed by atoms with Gasteiger partial charge in [0.25, 0.3) is 0 Å². The van der Waals surface area contributed by atoms with Gasteiger partial charge in [-0.3, -0.25) is 0 Å². The van der Waals surface area contributed by atoms with E-state index in [1.807, 2.05) is 52.0 Å². The van der Waals surface area contributed by atoms with Crippen LogP contribution in [0, 0.1) is 27.7 Å². The molecule has 0 fully saturated rings. The van der Waals surface area contributed by atoms with Gasteiger partial charge in [-0.05, 0) is 62.8 Å². The van der Waals surface area contributed by atoms with E-state index in [1.54, 1.807) is 0 Å². The van der Waals surface area contributed by atoms with Crippen molar-refractivity contribution in [3.05, 3.63) is 57.6 Å². The summed E-state index contributed by atoms with van der Waals surface area (Å²) in [6.45, 7) is 7.70. The first-order valence-corrected chi connectivity index (χ1v) is 9.12. The summed E-state index contributed by atoms with van der Waals surface area (Å²) in [6.07, 6.45) is 1.41. The molecule has 1 aliphatic heterocycles. The summed E-state index contributed by atoms with van der Waals surface area (Å²) in [5.41, 5.74) is 5.58. The fourth-order valence-corrected chi connectivity index (χ4v) is 4.24. The fraction of sp³-hybridized carbons (Fsp3) is 0.333. The molecule has 1 heterocycles. The fourth-order valence-electron chi connectivity index (χ4n) is 3.23. The maximum atomic E-state index is 12.4. The predicted octanol–water partition coefficient (Wildman–Crippen LogP) is 0.949. The molecule has 0 radical (unpaired) electrons. The first kappa shape index (κ1) is 19.2. The third kappa shape index (κ3) is 3.90. The van der Waals surface area contributed by atoms with Gasteiger partial charge in [0.2, 0.25) is 0 Å². The Kier molecular flexibility index (Phi) is 5.57. The summed E-state index contributed by atoms with van der Waals surface area (Å²) in [7, 11) is -4.48. The molecule has 0 N–H and O–H groups in total. The molecule has 0 atom stereocenters. The molecular weight excluding hydrogens is 318 g/mol. The minimum absolute atomic E-state index is 0. The number of hydrogen-bond donors (Lipinski definition) is 0. The third-order valence-corrected chi connectivity index (χ3v) is 4.87. The van der Waals surface area contributed by atoms with E-state index in [1.165, 1.54) is 0 Å². The maximum Gasteiger partial charge on any atom is 1.00 e. The van der Waals surface area contributed by atoms with E-state index in [0.717, 1.165) is 33.4 Å². The Labute approximate surface area is 155 Å². The van der Waals surface area contributed by atoms with Gasteiger partial charge in [-0.25, -0.2) is 4.57 Å². The van der Waals surface area contributed by atoms with Crippen molar-refractivity contribution in [1.29, 1.82) is 0 Å². The van der Waals surface area contributed by atoms with Crippen molar-refractivity contribution in [2.24, 2.45) is 0 Å². The van der Waals surface area contributed by atoms with E-state index in [-0.39, 0.29) is 18.9 Å². The molecule has 6 heteroatoms. The zero-order valence-electron chi connectivity index (χ0n) is 14.8. The van der Waals surface area contributed by atoms with Gasteiger partial charge >= 0.3 is 26.7 Å². The molecule has 0 amide bonds. The molecule has 2 aromatic carbocycles. The van der Waals surface area contributed by atoms with E-state index < -0.39 is 7.82 Å². The molecule has 0 spiro atoms. The van der Waals surface area contributed by atoms with Gasteiger partial charge in [0.15, 0.2) is 0 Å². The van der Waals surface area contributed by atoms with Crippen LogP contribution in [-0.4, -0.2) is 0 Å². The Balaban J connectivity index is 0.00000208. The summed E-state index contributed by atoms with van der Waals surface area (Å²) in [5, 5.41) is 0. The molecule has 4 nitrogen and oxygen atoms in total. The predicted molar refractivity (Wildman–Crippen MR) is 88.1 cm³/mol. The van der Waals surface area contributed by atoms with Crippen LogP contribution in [0.4, 0.5) is 0 Å². The van der Waals surface area contributed by atoms with Gasteiger partial charge in [0, 0.05) is 0 Å². The van der Waals surface area contributed by atoms with Gasteiger partial charge in [-0.15, -0.1) is 0 Å². The van der Waals surface area contributed by atoms with Gasteiger partial charge in [-0.1, -0.05) is 35.4 Å². The number of hydrogen-bond acceptors (Lipinski definition) is 4. The molecule has 122 valence electrons. The number of fused-ring (bicyclic) bond motifs is 2. The third-order valence-electron chi connectivity index (χ3n) is 4.06. The van der Waals surface area contributed by atoms with Gasteiger partial charge in [0.1, 0.15) is 11.5 Å². The second-order valence-electron chi connectivity index (χ2n) is 6.27. The number of phosphoric ester groups is 1. The summed E-state index contributed by atoms with van der Waals surface area (Å²) in [5.74, 6) is 0.798. The van der Waals surface area contributed by atoms with Crippen LogP contribution < -0.4 is 32.8 Å². The molecule has 0 bridgehead atoms. The minimum Gasteiger partial charge on any atom is -0.736 e. The minimum atomic E-state index is -4.48. The largest absolute Gasteiger partial charge is 1.00 e. The molecule has 1 aliphatic rings. The first-order chi connectivity index (χ1) is 10.7. The second kappa shape index (κ2) is 6.98. The van der Waals surface area contributed by atoms with Crippen molar-refractivity contribution in [1.82, 2.24) is 0 Å². The van der Waals surface area contributed by atoms with Crippen molar-refractivity contribution in [2.45, 2.75) is 40.5 Å². The second-order valence-corrected chi connectivity index (χ2v) is 7.53. The summed E-state index contributed by atoms with van der Waals surface area (Å²) >= 11 is 0. The van der Waals surface area contributed by atoms with Crippen LogP contribution in [0.15, 0.2) is 24.3 Å². The van der Waals surface area contributed by atoms with Gasteiger partial charge < -0.3 is 13.9 Å². The Bertz CT molecular complexity index is 767. The average Bonchev–Trinajstić information content (AvgIpc) is 2.47. The number of phosphoric acid groups is 1. The molecule has 0 saturated carbocycles. The zero-order chi connectivity index (χ0) is 16.8. The van der Waals surface area contributed by atoms with Gasteiger partial charge in [-0.2, -0.15) is 0 Å². The van der Waals surface area contributed by atoms with Crippen molar-refractivity contribution < 1.29 is 37.4 Å². The smallest absolute Gasteiger partial charge is 0.736 e. The molecule has 0 aliphatic carbocycles. The van der Waals surface area contributed by atoms with Crippen LogP contribution in [0.2, 0.25) is 0 Å². The van der Waals surface area contributed by atoms with Gasteiger partial charge in [0.05, 0.1) is 0 Å². The SMILES string of the molecule is Cc1cc(C)c2c(c1)CCc1cc(C)cc(C)c1OP(=O)([O-])O2.[Li+]. The molecular formula is C18H20LiO4P. The standard InChI is InChI=1S/C18H21O4P.Li/c1-11-7-13(3)17-15(9-11)5-6-16-10-12(2)8-14(4)18(16)22-23(19,20)21-17;/h7-10H,5-6H2,1-4H3,(H,19,20);/q;+1/p-1. The van der Waals surface area contributed by atoms with Crippen LogP contribution in [0.25, 0.3) is 0 Å². The van der Waals surface area contributed by atoms with Crippen LogP contribution in [0.3, 0.4) is 0 Å². The summed E-state index contributed by atoms with van der Waals surface area (Å²) in [6, 6.07) is 7.80. The number of rotatable bonds is 0. The maximum absolute atomic E-state index is 12.4. The van der Waals surface area contributed by atoms with E-state index in [2.05, 4.69) is 0 Å². The van der Waals surface area contributed by atoms with Crippen LogP contribution in [-0.2, 0) is 17.4 Å². The van der Waals surface area contributed by atoms with E-state index in [9.17, 15) is 9.46 Å². The molecule has 0 unspecified atom stereocenters. The normalized spacial score (nSPS) is 15.4. The monoisotopic (exact) mass is 338 g/mol. The Morgan fingerprint density at radius 3 is 1.58 bits per heavy atom. The molecule has 24 heavy (non-hydrogen) atoms. The summed E-state index contributed by atoms with van der Waals surface area (Å²) < 4.78 is 23.0. The zero-order valence-corrected chi connectivity index (χ0v) is 15.7. The van der Waals surface area contributed by atoms with Crippen molar-refractivity contribution in [3.8, 4) is 11.5 Å². The average molecular weight is 338 g/mol. The molecule has 0 aromatic heterocycles. The van der Waals surface area contributed by atoms with Crippen LogP contribution >= 0.6 is 7.82 Å². The van der Waals surface area contributed by atoms with Crippen molar-refractivity contribution >= 4 is 7.82 Å². The topological polar surface area (TPSA) is 58.6 Å². The number of aryl methyl sites for hydroxylation is 6. The first-order valence-electron chi connectivity index (χ1n) is 7.66. The Morgan fingerprint density at radius 2 is 1.21 bits per heavy atom. The Morgan fingerprint density at radius 1 is 0.833 bits per heavy atom. The number of benzene rings is 2. The van der Waals surface area contributed by atoms with E-state index in [0.29, 0.717) is 24.3 Å². The van der Waals surface area contributed by atoms with Crippen molar-refractivity contribution in [2.75, 3.05) is 0 Å². The van der Waals surface area contributed by atoms with Crippen LogP contribution in [0.5, 0.6) is 11.5 Å². The Hall–Kier alpha value is -1.17. The molecule has 0 saturated heterocycles. The van der Waals surface area contributed by atoms with Crippen molar-refractivity contribution in [3.63, 3.8) is 0 Å². The van der Waals surface area contributed by atoms with E-state index >= 15 is 0 Å². The quantitative estimate of drug-likeness (QED) is 0.530.